The normalized spacial score (nSPS) is 11.6. The molecule has 0 aromatic heterocycles. The number of carbonyl (C=O) groups excluding carboxylic acids is 1. The second-order valence-electron chi connectivity index (χ2n) is 5.46. The number of hydrogen-bond acceptors (Lipinski definition) is 5. The number of nitrogens with zero attached hydrogens (tertiary/aromatic N) is 1. The van der Waals surface area contributed by atoms with Gasteiger partial charge in [0.25, 0.3) is 5.91 Å². The lowest BCUT2D eigenvalue weighted by Crippen LogP contribution is -2.29. The Morgan fingerprint density at radius 3 is 2.33 bits per heavy atom. The molecule has 0 unspecified atom stereocenters. The van der Waals surface area contributed by atoms with Gasteiger partial charge in [0, 0.05) is 24.2 Å². The van der Waals surface area contributed by atoms with Crippen molar-refractivity contribution in [2.24, 2.45) is 5.73 Å². The summed E-state index contributed by atoms with van der Waals surface area (Å²) in [6, 6.07) is 10.1. The number of thioether (sulfide) groups is 1. The van der Waals surface area contributed by atoms with Gasteiger partial charge in [0.05, 0.1) is 4.90 Å². The standard InChI is InChI=1S/C17H18F2N2O4S2/c1-21(27(23,24)13-5-3-2-4-6-13)7-8-26-12-9-14(18)17(15(19)10-12)25-11-16(20)22/h2-6,9-10H,7-8,11H2,1H3,(H2,20,22). The quantitative estimate of drug-likeness (QED) is 0.634. The maximum absolute atomic E-state index is 13.9. The van der Waals surface area contributed by atoms with Gasteiger partial charge in [0.1, 0.15) is 0 Å². The average molecular weight is 416 g/mol. The van der Waals surface area contributed by atoms with Crippen LogP contribution in [0, 0.1) is 11.6 Å². The highest BCUT2D eigenvalue weighted by molar-refractivity contribution is 7.99. The Balaban J connectivity index is 1.98. The third kappa shape index (κ3) is 5.65. The Kier molecular flexibility index (Phi) is 7.17. The van der Waals surface area contributed by atoms with Crippen LogP contribution in [-0.4, -0.2) is 44.6 Å². The minimum atomic E-state index is -3.62. The van der Waals surface area contributed by atoms with Gasteiger partial charge >= 0.3 is 0 Å². The van der Waals surface area contributed by atoms with Gasteiger partial charge in [0.2, 0.25) is 10.0 Å². The molecule has 10 heteroatoms. The lowest BCUT2D eigenvalue weighted by atomic mass is 10.3. The molecule has 2 aromatic rings. The van der Waals surface area contributed by atoms with E-state index in [1.165, 1.54) is 23.5 Å². The predicted octanol–water partition coefficient (Wildman–Crippen LogP) is 2.24. The zero-order chi connectivity index (χ0) is 20.0. The van der Waals surface area contributed by atoms with Crippen LogP contribution in [0.3, 0.4) is 0 Å². The van der Waals surface area contributed by atoms with E-state index in [0.717, 1.165) is 23.9 Å². The molecule has 0 atom stereocenters. The molecule has 2 aromatic carbocycles. The zero-order valence-electron chi connectivity index (χ0n) is 14.4. The molecule has 2 rings (SSSR count). The number of sulfonamides is 1. The Morgan fingerprint density at radius 2 is 1.78 bits per heavy atom. The lowest BCUT2D eigenvalue weighted by molar-refractivity contribution is -0.120. The molecule has 0 saturated heterocycles. The number of carbonyl (C=O) groups is 1. The van der Waals surface area contributed by atoms with Crippen LogP contribution in [0.5, 0.6) is 5.75 Å². The Morgan fingerprint density at radius 1 is 1.19 bits per heavy atom. The van der Waals surface area contributed by atoms with Crippen molar-refractivity contribution in [2.45, 2.75) is 9.79 Å². The third-order valence-electron chi connectivity index (χ3n) is 3.46. The minimum Gasteiger partial charge on any atom is -0.478 e. The van der Waals surface area contributed by atoms with E-state index in [1.807, 2.05) is 0 Å². The van der Waals surface area contributed by atoms with Crippen LogP contribution < -0.4 is 10.5 Å². The summed E-state index contributed by atoms with van der Waals surface area (Å²) in [5.41, 5.74) is 4.87. The molecule has 6 nitrogen and oxygen atoms in total. The number of ether oxygens (including phenoxy) is 1. The van der Waals surface area contributed by atoms with Crippen molar-refractivity contribution in [1.29, 1.82) is 0 Å². The highest BCUT2D eigenvalue weighted by atomic mass is 32.2. The smallest absolute Gasteiger partial charge is 0.255 e. The summed E-state index contributed by atoms with van der Waals surface area (Å²) in [6.45, 7) is -0.493. The first-order chi connectivity index (χ1) is 12.7. The maximum atomic E-state index is 13.9. The highest BCUT2D eigenvalue weighted by Crippen LogP contribution is 2.28. The van der Waals surface area contributed by atoms with Gasteiger partial charge in [-0.2, -0.15) is 0 Å². The zero-order valence-corrected chi connectivity index (χ0v) is 16.0. The Bertz CT molecular complexity index is 885. The molecule has 0 aliphatic rings. The molecule has 1 amide bonds. The van der Waals surface area contributed by atoms with E-state index in [2.05, 4.69) is 0 Å². The fourth-order valence-electron chi connectivity index (χ4n) is 2.09. The topological polar surface area (TPSA) is 89.7 Å². The first-order valence-electron chi connectivity index (χ1n) is 7.76. The summed E-state index contributed by atoms with van der Waals surface area (Å²) in [4.78, 5) is 11.1. The van der Waals surface area contributed by atoms with E-state index < -0.39 is 39.9 Å². The van der Waals surface area contributed by atoms with E-state index in [0.29, 0.717) is 0 Å². The summed E-state index contributed by atoms with van der Waals surface area (Å²) in [6.07, 6.45) is 0. The molecule has 0 radical (unpaired) electrons. The van der Waals surface area contributed by atoms with Crippen LogP contribution in [-0.2, 0) is 14.8 Å². The van der Waals surface area contributed by atoms with Gasteiger partial charge in [0.15, 0.2) is 24.0 Å². The van der Waals surface area contributed by atoms with E-state index in [9.17, 15) is 22.0 Å². The Labute approximate surface area is 160 Å². The fourth-order valence-corrected chi connectivity index (χ4v) is 4.37. The molecule has 27 heavy (non-hydrogen) atoms. The molecular weight excluding hydrogens is 398 g/mol. The van der Waals surface area contributed by atoms with Crippen molar-refractivity contribution in [3.05, 3.63) is 54.1 Å². The van der Waals surface area contributed by atoms with Crippen molar-refractivity contribution >= 4 is 27.7 Å². The van der Waals surface area contributed by atoms with Gasteiger partial charge in [-0.25, -0.2) is 21.5 Å². The number of halogens is 2. The summed E-state index contributed by atoms with van der Waals surface area (Å²) in [7, 11) is -2.19. The second kappa shape index (κ2) is 9.16. The van der Waals surface area contributed by atoms with Gasteiger partial charge in [-0.3, -0.25) is 4.79 Å². The van der Waals surface area contributed by atoms with E-state index >= 15 is 0 Å². The second-order valence-corrected chi connectivity index (χ2v) is 8.67. The number of hydrogen-bond donors (Lipinski definition) is 1. The molecule has 0 fully saturated rings. The summed E-state index contributed by atoms with van der Waals surface area (Å²) in [5, 5.41) is 0. The van der Waals surface area contributed by atoms with Crippen LogP contribution in [0.4, 0.5) is 8.78 Å². The molecule has 0 aliphatic heterocycles. The third-order valence-corrected chi connectivity index (χ3v) is 6.28. The lowest BCUT2D eigenvalue weighted by Gasteiger charge is -2.17. The molecule has 2 N–H and O–H groups in total. The van der Waals surface area contributed by atoms with Crippen LogP contribution >= 0.6 is 11.8 Å². The van der Waals surface area contributed by atoms with Crippen molar-refractivity contribution in [3.63, 3.8) is 0 Å². The van der Waals surface area contributed by atoms with Gasteiger partial charge in [-0.15, -0.1) is 11.8 Å². The van der Waals surface area contributed by atoms with Crippen molar-refractivity contribution < 1.29 is 26.7 Å². The molecule has 0 heterocycles. The minimum absolute atomic E-state index is 0.144. The van der Waals surface area contributed by atoms with E-state index in [4.69, 9.17) is 10.5 Å². The highest BCUT2D eigenvalue weighted by Gasteiger charge is 2.20. The first-order valence-corrected chi connectivity index (χ1v) is 10.2. The molecule has 0 aliphatic carbocycles. The SMILES string of the molecule is CN(CCSc1cc(F)c(OCC(N)=O)c(F)c1)S(=O)(=O)c1ccccc1. The summed E-state index contributed by atoms with van der Waals surface area (Å²) >= 11 is 1.09. The van der Waals surface area contributed by atoms with Gasteiger partial charge in [-0.1, -0.05) is 18.2 Å². The molecule has 0 bridgehead atoms. The van der Waals surface area contributed by atoms with Crippen molar-refractivity contribution in [3.8, 4) is 5.75 Å². The van der Waals surface area contributed by atoms with Crippen molar-refractivity contribution in [2.75, 3.05) is 26.0 Å². The molecule has 0 spiro atoms. The van der Waals surface area contributed by atoms with Crippen LogP contribution in [0.2, 0.25) is 0 Å². The fraction of sp³-hybridized carbons (Fsp3) is 0.235. The van der Waals surface area contributed by atoms with E-state index in [-0.39, 0.29) is 22.1 Å². The molecule has 0 saturated carbocycles. The summed E-state index contributed by atoms with van der Waals surface area (Å²) in [5.74, 6) is -3.19. The van der Waals surface area contributed by atoms with Crippen LogP contribution in [0.25, 0.3) is 0 Å². The average Bonchev–Trinajstić information content (AvgIpc) is 2.61. The number of benzene rings is 2. The number of amides is 1. The largest absolute Gasteiger partial charge is 0.478 e. The molecular formula is C17H18F2N2O4S2. The predicted molar refractivity (Wildman–Crippen MR) is 98.0 cm³/mol. The van der Waals surface area contributed by atoms with Crippen LogP contribution in [0.15, 0.2) is 52.3 Å². The monoisotopic (exact) mass is 416 g/mol. The van der Waals surface area contributed by atoms with Crippen molar-refractivity contribution in [1.82, 2.24) is 4.31 Å². The number of primary amides is 1. The number of rotatable bonds is 9. The maximum Gasteiger partial charge on any atom is 0.255 e. The van der Waals surface area contributed by atoms with Gasteiger partial charge in [-0.05, 0) is 24.3 Å². The molecule has 146 valence electrons. The Hall–Kier alpha value is -2.17. The van der Waals surface area contributed by atoms with Gasteiger partial charge < -0.3 is 10.5 Å². The number of nitrogens with two attached hydrogens (primary N) is 1. The van der Waals surface area contributed by atoms with Crippen LogP contribution in [0.1, 0.15) is 0 Å². The van der Waals surface area contributed by atoms with E-state index in [1.54, 1.807) is 18.2 Å². The summed E-state index contributed by atoms with van der Waals surface area (Å²) < 4.78 is 58.5. The first kappa shape index (κ1) is 21.1.